The quantitative estimate of drug-likeness (QED) is 0.755. The maximum absolute atomic E-state index is 11.8. The third-order valence-electron chi connectivity index (χ3n) is 2.92. The fourth-order valence-corrected chi connectivity index (χ4v) is 1.79. The van der Waals surface area contributed by atoms with Crippen molar-refractivity contribution in [3.8, 4) is 5.75 Å². The van der Waals surface area contributed by atoms with E-state index in [2.05, 4.69) is 10.6 Å². The molecule has 0 fully saturated rings. The first-order valence-electron chi connectivity index (χ1n) is 6.48. The maximum Gasteiger partial charge on any atom is 0.319 e. The molecule has 0 atom stereocenters. The number of hydrogen-bond donors (Lipinski definition) is 3. The largest absolute Gasteiger partial charge is 0.508 e. The maximum atomic E-state index is 11.8. The minimum absolute atomic E-state index is 0.0526. The van der Waals surface area contributed by atoms with Crippen LogP contribution in [0.5, 0.6) is 5.75 Å². The topological polar surface area (TPSA) is 78.4 Å². The summed E-state index contributed by atoms with van der Waals surface area (Å²) in [6.45, 7) is 1.82. The summed E-state index contributed by atoms with van der Waals surface area (Å²) in [4.78, 5) is 23.1. The predicted molar refractivity (Wildman–Crippen MR) is 80.4 cm³/mol. The second-order valence-electron chi connectivity index (χ2n) is 4.61. The molecule has 0 saturated heterocycles. The van der Waals surface area contributed by atoms with Gasteiger partial charge in [-0.05, 0) is 36.8 Å². The van der Waals surface area contributed by atoms with Crippen LogP contribution in [0.3, 0.4) is 0 Å². The summed E-state index contributed by atoms with van der Waals surface area (Å²) in [5, 5.41) is 14.5. The Bertz CT molecular complexity index is 651. The molecule has 3 N–H and O–H groups in total. The summed E-state index contributed by atoms with van der Waals surface area (Å²) in [6, 6.07) is 13.0. The van der Waals surface area contributed by atoms with E-state index in [4.69, 9.17) is 0 Å². The monoisotopic (exact) mass is 284 g/mol. The van der Waals surface area contributed by atoms with Crippen molar-refractivity contribution in [1.82, 2.24) is 5.32 Å². The average Bonchev–Trinajstić information content (AvgIpc) is 2.47. The molecule has 108 valence electrons. The van der Waals surface area contributed by atoms with Gasteiger partial charge in [0.05, 0.1) is 0 Å². The number of benzene rings is 2. The van der Waals surface area contributed by atoms with Gasteiger partial charge >= 0.3 is 6.03 Å². The molecule has 2 amide bonds. The summed E-state index contributed by atoms with van der Waals surface area (Å²) < 4.78 is 0. The Morgan fingerprint density at radius 2 is 1.81 bits per heavy atom. The number of phenols is 1. The van der Waals surface area contributed by atoms with Crippen molar-refractivity contribution in [3.63, 3.8) is 0 Å². The normalized spacial score (nSPS) is 9.95. The van der Waals surface area contributed by atoms with E-state index in [0.29, 0.717) is 17.8 Å². The summed E-state index contributed by atoms with van der Waals surface area (Å²) >= 11 is 0. The number of nitrogens with one attached hydrogen (secondary N) is 2. The molecule has 0 bridgehead atoms. The van der Waals surface area contributed by atoms with Crippen molar-refractivity contribution in [1.29, 1.82) is 0 Å². The molecule has 2 aromatic carbocycles. The summed E-state index contributed by atoms with van der Waals surface area (Å²) in [5.41, 5.74) is 1.98. The molecule has 0 spiro atoms. The van der Waals surface area contributed by atoms with Crippen LogP contribution >= 0.6 is 0 Å². The Hall–Kier alpha value is -2.82. The molecule has 0 aliphatic heterocycles. The van der Waals surface area contributed by atoms with E-state index in [9.17, 15) is 14.7 Å². The fraction of sp³-hybridized carbons (Fsp3) is 0.125. The van der Waals surface area contributed by atoms with Gasteiger partial charge in [0, 0.05) is 17.8 Å². The van der Waals surface area contributed by atoms with Gasteiger partial charge in [0.25, 0.3) is 0 Å². The molecule has 0 aromatic heterocycles. The van der Waals surface area contributed by atoms with Crippen molar-refractivity contribution >= 4 is 17.5 Å². The standard InChI is InChI=1S/C16H16N2O3/c1-11(19)13-3-2-4-14(9-13)18-16(21)17-10-12-5-7-15(20)8-6-12/h2-9,20H,10H2,1H3,(H2,17,18,21). The Morgan fingerprint density at radius 3 is 2.48 bits per heavy atom. The number of anilines is 1. The van der Waals surface area contributed by atoms with E-state index >= 15 is 0 Å². The predicted octanol–water partition coefficient (Wildman–Crippen LogP) is 2.92. The number of urea groups is 1. The van der Waals surface area contributed by atoms with Crippen molar-refractivity contribution in [2.75, 3.05) is 5.32 Å². The van der Waals surface area contributed by atoms with E-state index < -0.39 is 0 Å². The molecular weight excluding hydrogens is 268 g/mol. The van der Waals surface area contributed by atoms with Gasteiger partial charge < -0.3 is 15.7 Å². The van der Waals surface area contributed by atoms with Crippen LogP contribution in [0.4, 0.5) is 10.5 Å². The first-order valence-corrected chi connectivity index (χ1v) is 6.48. The average molecular weight is 284 g/mol. The number of rotatable bonds is 4. The Balaban J connectivity index is 1.91. The van der Waals surface area contributed by atoms with Gasteiger partial charge in [-0.3, -0.25) is 4.79 Å². The number of amides is 2. The zero-order valence-electron chi connectivity index (χ0n) is 11.6. The lowest BCUT2D eigenvalue weighted by Crippen LogP contribution is -2.28. The lowest BCUT2D eigenvalue weighted by Gasteiger charge is -2.08. The van der Waals surface area contributed by atoms with Crippen LogP contribution in [0.1, 0.15) is 22.8 Å². The lowest BCUT2D eigenvalue weighted by molar-refractivity contribution is 0.101. The number of aromatic hydroxyl groups is 1. The van der Waals surface area contributed by atoms with E-state index in [1.165, 1.54) is 6.92 Å². The molecular formula is C16H16N2O3. The fourth-order valence-electron chi connectivity index (χ4n) is 1.79. The third-order valence-corrected chi connectivity index (χ3v) is 2.92. The SMILES string of the molecule is CC(=O)c1cccc(NC(=O)NCc2ccc(O)cc2)c1. The number of hydrogen-bond acceptors (Lipinski definition) is 3. The van der Waals surface area contributed by atoms with Gasteiger partial charge in [-0.25, -0.2) is 4.79 Å². The van der Waals surface area contributed by atoms with Crippen LogP contribution in [0.25, 0.3) is 0 Å². The number of ketones is 1. The van der Waals surface area contributed by atoms with Crippen LogP contribution in [0.2, 0.25) is 0 Å². The zero-order chi connectivity index (χ0) is 15.2. The molecule has 0 radical (unpaired) electrons. The molecule has 0 aliphatic rings. The third kappa shape index (κ3) is 4.35. The zero-order valence-corrected chi connectivity index (χ0v) is 11.6. The van der Waals surface area contributed by atoms with Crippen LogP contribution < -0.4 is 10.6 Å². The molecule has 5 heteroatoms. The Kier molecular flexibility index (Phi) is 4.56. The van der Waals surface area contributed by atoms with Crippen LogP contribution in [0.15, 0.2) is 48.5 Å². The molecule has 2 aromatic rings. The van der Waals surface area contributed by atoms with Crippen molar-refractivity contribution < 1.29 is 14.7 Å². The first kappa shape index (κ1) is 14.6. The molecule has 0 aliphatic carbocycles. The van der Waals surface area contributed by atoms with Gasteiger partial charge in [-0.2, -0.15) is 0 Å². The minimum atomic E-state index is -0.358. The molecule has 0 unspecified atom stereocenters. The number of carbonyl (C=O) groups is 2. The van der Waals surface area contributed by atoms with Gasteiger partial charge in [0.2, 0.25) is 0 Å². The van der Waals surface area contributed by atoms with Gasteiger partial charge in [-0.1, -0.05) is 24.3 Å². The van der Waals surface area contributed by atoms with Crippen molar-refractivity contribution in [3.05, 3.63) is 59.7 Å². The molecule has 2 rings (SSSR count). The molecule has 0 heterocycles. The first-order chi connectivity index (χ1) is 10.0. The van der Waals surface area contributed by atoms with Gasteiger partial charge in [0.15, 0.2) is 5.78 Å². The highest BCUT2D eigenvalue weighted by molar-refractivity contribution is 5.96. The summed E-state index contributed by atoms with van der Waals surface area (Å²) in [6.07, 6.45) is 0. The Morgan fingerprint density at radius 1 is 1.10 bits per heavy atom. The number of Topliss-reactive ketones (excluding diaryl/α,β-unsaturated/α-hetero) is 1. The van der Waals surface area contributed by atoms with Gasteiger partial charge in [-0.15, -0.1) is 0 Å². The van der Waals surface area contributed by atoms with E-state index in [-0.39, 0.29) is 17.6 Å². The van der Waals surface area contributed by atoms with Crippen LogP contribution in [0, 0.1) is 0 Å². The molecule has 21 heavy (non-hydrogen) atoms. The Labute approximate surface area is 122 Å². The van der Waals surface area contributed by atoms with Crippen molar-refractivity contribution in [2.24, 2.45) is 0 Å². The number of phenolic OH excluding ortho intramolecular Hbond substituents is 1. The van der Waals surface area contributed by atoms with E-state index in [1.54, 1.807) is 48.5 Å². The molecule has 0 saturated carbocycles. The highest BCUT2D eigenvalue weighted by Crippen LogP contribution is 2.12. The van der Waals surface area contributed by atoms with E-state index in [0.717, 1.165) is 5.56 Å². The lowest BCUT2D eigenvalue weighted by atomic mass is 10.1. The smallest absolute Gasteiger partial charge is 0.319 e. The number of carbonyl (C=O) groups excluding carboxylic acids is 2. The summed E-state index contributed by atoms with van der Waals surface area (Å²) in [5.74, 6) is 0.132. The van der Waals surface area contributed by atoms with E-state index in [1.807, 2.05) is 0 Å². The highest BCUT2D eigenvalue weighted by atomic mass is 16.3. The van der Waals surface area contributed by atoms with Crippen molar-refractivity contribution in [2.45, 2.75) is 13.5 Å². The minimum Gasteiger partial charge on any atom is -0.508 e. The second kappa shape index (κ2) is 6.56. The van der Waals surface area contributed by atoms with Crippen LogP contribution in [-0.2, 0) is 6.54 Å². The highest BCUT2D eigenvalue weighted by Gasteiger charge is 2.04. The molecule has 5 nitrogen and oxygen atoms in total. The van der Waals surface area contributed by atoms with Crippen LogP contribution in [-0.4, -0.2) is 16.9 Å². The van der Waals surface area contributed by atoms with Gasteiger partial charge in [0.1, 0.15) is 5.75 Å². The summed E-state index contributed by atoms with van der Waals surface area (Å²) in [7, 11) is 0. The second-order valence-corrected chi connectivity index (χ2v) is 4.61.